The van der Waals surface area contributed by atoms with Crippen LogP contribution in [0.2, 0.25) is 0 Å². The average Bonchev–Trinajstić information content (AvgIpc) is 2.56. The molecule has 0 aliphatic heterocycles. The molecule has 0 fully saturated rings. The molecule has 0 saturated carbocycles. The maximum absolute atomic E-state index is 12.4. The van der Waals surface area contributed by atoms with Gasteiger partial charge in [0.05, 0.1) is 5.92 Å². The quantitative estimate of drug-likeness (QED) is 0.289. The van der Waals surface area contributed by atoms with Crippen LogP contribution >= 0.6 is 0 Å². The van der Waals surface area contributed by atoms with Crippen LogP contribution in [0.4, 0.5) is 0 Å². The highest BCUT2D eigenvalue weighted by Crippen LogP contribution is 2.24. The van der Waals surface area contributed by atoms with Crippen LogP contribution in [0.25, 0.3) is 0 Å². The van der Waals surface area contributed by atoms with E-state index in [2.05, 4.69) is 6.92 Å². The van der Waals surface area contributed by atoms with E-state index in [9.17, 15) is 19.5 Å². The van der Waals surface area contributed by atoms with Gasteiger partial charge in [0.2, 0.25) is 5.91 Å². The van der Waals surface area contributed by atoms with Crippen LogP contribution in [0.15, 0.2) is 0 Å². The van der Waals surface area contributed by atoms with Gasteiger partial charge in [-0.2, -0.15) is 0 Å². The number of hydrogen-bond donors (Lipinski definition) is 3. The van der Waals surface area contributed by atoms with Gasteiger partial charge in [0.25, 0.3) is 0 Å². The minimum absolute atomic E-state index is 0.0755. The second-order valence-corrected chi connectivity index (χ2v) is 6.92. The molecule has 0 aromatic heterocycles. The normalized spacial score (nSPS) is 14.7. The fourth-order valence-corrected chi connectivity index (χ4v) is 3.15. The number of nitrogens with two attached hydrogens (primary N) is 2. The minimum atomic E-state index is -2.21. The highest BCUT2D eigenvalue weighted by atomic mass is 16.4. The van der Waals surface area contributed by atoms with Gasteiger partial charge in [-0.1, -0.05) is 71.6 Å². The lowest BCUT2D eigenvalue weighted by Gasteiger charge is -2.30. The molecule has 25 heavy (non-hydrogen) atoms. The van der Waals surface area contributed by atoms with Gasteiger partial charge in [-0.25, -0.2) is 4.79 Å². The Bertz CT molecular complexity index is 426. The van der Waals surface area contributed by atoms with Crippen LogP contribution in [-0.4, -0.2) is 28.3 Å². The molecule has 146 valence electrons. The SMILES string of the molecule is CCCCCCCCCCCC(=O)C(N)(C(=O)O)C(CCC)C(N)=O. The summed E-state index contributed by atoms with van der Waals surface area (Å²) >= 11 is 0. The smallest absolute Gasteiger partial charge is 0.332 e. The summed E-state index contributed by atoms with van der Waals surface area (Å²) < 4.78 is 0. The summed E-state index contributed by atoms with van der Waals surface area (Å²) in [5, 5.41) is 9.44. The number of unbranched alkanes of at least 4 members (excludes halogenated alkanes) is 8. The Morgan fingerprint density at radius 1 is 0.880 bits per heavy atom. The Hall–Kier alpha value is -1.43. The first-order valence-electron chi connectivity index (χ1n) is 9.67. The molecule has 0 aromatic rings. The maximum Gasteiger partial charge on any atom is 0.332 e. The number of carboxylic acid groups (broad SMARTS) is 1. The number of ketones is 1. The summed E-state index contributed by atoms with van der Waals surface area (Å²) in [6, 6.07) is 0. The van der Waals surface area contributed by atoms with Crippen LogP contribution in [-0.2, 0) is 14.4 Å². The van der Waals surface area contributed by atoms with Gasteiger partial charge < -0.3 is 16.6 Å². The lowest BCUT2D eigenvalue weighted by molar-refractivity contribution is -0.154. The van der Waals surface area contributed by atoms with E-state index in [1.165, 1.54) is 32.1 Å². The number of Topliss-reactive ketones (excluding diaryl/α,β-unsaturated/α-hetero) is 1. The second kappa shape index (κ2) is 12.9. The fraction of sp³-hybridized carbons (Fsp3) is 0.842. The molecular formula is C19H36N2O4. The van der Waals surface area contributed by atoms with Crippen molar-refractivity contribution in [1.82, 2.24) is 0 Å². The molecule has 0 aliphatic carbocycles. The molecule has 0 radical (unpaired) electrons. The van der Waals surface area contributed by atoms with E-state index in [4.69, 9.17) is 11.5 Å². The highest BCUT2D eigenvalue weighted by Gasteiger charge is 2.50. The van der Waals surface area contributed by atoms with Crippen molar-refractivity contribution in [3.8, 4) is 0 Å². The molecule has 0 saturated heterocycles. The molecule has 0 aromatic carbocycles. The zero-order chi connectivity index (χ0) is 19.3. The molecule has 0 rings (SSSR count). The fourth-order valence-electron chi connectivity index (χ4n) is 3.15. The summed E-state index contributed by atoms with van der Waals surface area (Å²) in [6.07, 6.45) is 10.6. The molecule has 6 nitrogen and oxygen atoms in total. The Labute approximate surface area is 151 Å². The van der Waals surface area contributed by atoms with Crippen molar-refractivity contribution in [2.24, 2.45) is 17.4 Å². The van der Waals surface area contributed by atoms with Crippen molar-refractivity contribution in [3.05, 3.63) is 0 Å². The zero-order valence-electron chi connectivity index (χ0n) is 15.9. The minimum Gasteiger partial charge on any atom is -0.480 e. The van der Waals surface area contributed by atoms with Gasteiger partial charge in [0, 0.05) is 6.42 Å². The molecule has 0 bridgehead atoms. The highest BCUT2D eigenvalue weighted by molar-refractivity contribution is 6.11. The van der Waals surface area contributed by atoms with Crippen molar-refractivity contribution in [3.63, 3.8) is 0 Å². The van der Waals surface area contributed by atoms with E-state index < -0.39 is 29.1 Å². The van der Waals surface area contributed by atoms with Crippen LogP contribution in [0.1, 0.15) is 90.9 Å². The van der Waals surface area contributed by atoms with Crippen LogP contribution in [0.5, 0.6) is 0 Å². The average molecular weight is 357 g/mol. The first-order valence-corrected chi connectivity index (χ1v) is 9.67. The van der Waals surface area contributed by atoms with Crippen molar-refractivity contribution in [1.29, 1.82) is 0 Å². The summed E-state index contributed by atoms with van der Waals surface area (Å²) in [7, 11) is 0. The summed E-state index contributed by atoms with van der Waals surface area (Å²) in [6.45, 7) is 3.98. The van der Waals surface area contributed by atoms with E-state index >= 15 is 0 Å². The molecule has 0 spiro atoms. The van der Waals surface area contributed by atoms with E-state index in [0.717, 1.165) is 19.3 Å². The molecule has 6 heteroatoms. The van der Waals surface area contributed by atoms with Gasteiger partial charge >= 0.3 is 5.97 Å². The topological polar surface area (TPSA) is 123 Å². The standard InChI is InChI=1S/C19H36N2O4/c1-3-5-6-7-8-9-10-11-12-14-16(22)19(21,18(24)25)15(13-4-2)17(20)23/h15H,3-14,21H2,1-2H3,(H2,20,23)(H,24,25). The second-order valence-electron chi connectivity index (χ2n) is 6.92. The molecule has 1 amide bonds. The molecule has 5 N–H and O–H groups in total. The van der Waals surface area contributed by atoms with E-state index in [1.54, 1.807) is 6.92 Å². The monoisotopic (exact) mass is 356 g/mol. The molecule has 0 heterocycles. The number of carbonyl (C=O) groups excluding carboxylic acids is 2. The number of rotatable bonds is 16. The number of primary amides is 1. The Morgan fingerprint density at radius 3 is 1.76 bits per heavy atom. The van der Waals surface area contributed by atoms with E-state index in [1.807, 2.05) is 0 Å². The number of aliphatic carboxylic acids is 1. The molecule has 0 aliphatic rings. The number of carbonyl (C=O) groups is 3. The van der Waals surface area contributed by atoms with Crippen LogP contribution in [0, 0.1) is 5.92 Å². The third-order valence-corrected chi connectivity index (χ3v) is 4.79. The number of carboxylic acids is 1. The first-order chi connectivity index (χ1) is 11.8. The van der Waals surface area contributed by atoms with Crippen LogP contribution in [0.3, 0.4) is 0 Å². The summed E-state index contributed by atoms with van der Waals surface area (Å²) in [4.78, 5) is 35.6. The lowest BCUT2D eigenvalue weighted by Crippen LogP contribution is -2.63. The first kappa shape index (κ1) is 23.6. The van der Waals surface area contributed by atoms with Crippen LogP contribution < -0.4 is 11.5 Å². The predicted molar refractivity (Wildman–Crippen MR) is 99.0 cm³/mol. The third kappa shape index (κ3) is 7.99. The van der Waals surface area contributed by atoms with Crippen molar-refractivity contribution in [2.75, 3.05) is 0 Å². The zero-order valence-corrected chi connectivity index (χ0v) is 15.9. The molecule has 2 atom stereocenters. The maximum atomic E-state index is 12.4. The lowest BCUT2D eigenvalue weighted by atomic mass is 9.76. The third-order valence-electron chi connectivity index (χ3n) is 4.79. The number of amides is 1. The predicted octanol–water partition coefficient (Wildman–Crippen LogP) is 3.16. The Kier molecular flexibility index (Phi) is 12.1. The van der Waals surface area contributed by atoms with Gasteiger partial charge in [-0.15, -0.1) is 0 Å². The van der Waals surface area contributed by atoms with E-state index in [-0.39, 0.29) is 12.8 Å². The molecule has 2 unspecified atom stereocenters. The molecular weight excluding hydrogens is 320 g/mol. The van der Waals surface area contributed by atoms with Crippen molar-refractivity contribution >= 4 is 17.7 Å². The van der Waals surface area contributed by atoms with Crippen molar-refractivity contribution < 1.29 is 19.5 Å². The summed E-state index contributed by atoms with van der Waals surface area (Å²) in [5.74, 6) is -4.06. The van der Waals surface area contributed by atoms with E-state index in [0.29, 0.717) is 12.8 Å². The van der Waals surface area contributed by atoms with Gasteiger partial charge in [-0.3, -0.25) is 9.59 Å². The summed E-state index contributed by atoms with van der Waals surface area (Å²) in [5.41, 5.74) is 8.96. The van der Waals surface area contributed by atoms with Crippen molar-refractivity contribution in [2.45, 2.75) is 96.4 Å². The number of hydrogen-bond acceptors (Lipinski definition) is 4. The largest absolute Gasteiger partial charge is 0.480 e. The van der Waals surface area contributed by atoms with Gasteiger partial charge in [-0.05, 0) is 12.8 Å². The van der Waals surface area contributed by atoms with Gasteiger partial charge in [0.1, 0.15) is 0 Å². The Morgan fingerprint density at radius 2 is 1.36 bits per heavy atom. The Balaban J connectivity index is 4.38. The van der Waals surface area contributed by atoms with Gasteiger partial charge in [0.15, 0.2) is 11.3 Å².